The predicted molar refractivity (Wildman–Crippen MR) is 85.5 cm³/mol. The SMILES string of the molecule is CCC1(C(=O)NC(C)c2cccc(Br)c2)CCNCC1. The summed E-state index contributed by atoms with van der Waals surface area (Å²) in [7, 11) is 0. The number of carbonyl (C=O) groups is 1. The molecule has 1 saturated heterocycles. The van der Waals surface area contributed by atoms with Crippen LogP contribution in [0.1, 0.15) is 44.7 Å². The van der Waals surface area contributed by atoms with Crippen molar-refractivity contribution in [3.05, 3.63) is 34.3 Å². The number of hydrogen-bond acceptors (Lipinski definition) is 2. The van der Waals surface area contributed by atoms with Gasteiger partial charge in [-0.2, -0.15) is 0 Å². The van der Waals surface area contributed by atoms with Gasteiger partial charge in [0.2, 0.25) is 5.91 Å². The van der Waals surface area contributed by atoms with Crippen LogP contribution in [-0.4, -0.2) is 19.0 Å². The van der Waals surface area contributed by atoms with Crippen LogP contribution < -0.4 is 10.6 Å². The first kappa shape index (κ1) is 15.5. The van der Waals surface area contributed by atoms with Gasteiger partial charge >= 0.3 is 0 Å². The van der Waals surface area contributed by atoms with Gasteiger partial charge in [0.15, 0.2) is 0 Å². The lowest BCUT2D eigenvalue weighted by Crippen LogP contribution is -2.47. The monoisotopic (exact) mass is 338 g/mol. The smallest absolute Gasteiger partial charge is 0.226 e. The number of benzene rings is 1. The summed E-state index contributed by atoms with van der Waals surface area (Å²) in [4.78, 5) is 12.7. The van der Waals surface area contributed by atoms with Crippen LogP contribution in [0.2, 0.25) is 0 Å². The molecule has 1 amide bonds. The molecule has 1 atom stereocenters. The maximum atomic E-state index is 12.7. The van der Waals surface area contributed by atoms with Gasteiger partial charge in [-0.3, -0.25) is 4.79 Å². The van der Waals surface area contributed by atoms with E-state index in [0.29, 0.717) is 0 Å². The van der Waals surface area contributed by atoms with E-state index in [1.165, 1.54) is 0 Å². The molecular formula is C16H23BrN2O. The zero-order valence-corrected chi connectivity index (χ0v) is 13.8. The van der Waals surface area contributed by atoms with Gasteiger partial charge in [0.25, 0.3) is 0 Å². The number of piperidine rings is 1. The Hall–Kier alpha value is -0.870. The number of rotatable bonds is 4. The molecule has 1 aliphatic heterocycles. The molecule has 0 aromatic heterocycles. The second-order valence-electron chi connectivity index (χ2n) is 5.63. The lowest BCUT2D eigenvalue weighted by Gasteiger charge is -2.36. The van der Waals surface area contributed by atoms with Gasteiger partial charge in [-0.25, -0.2) is 0 Å². The van der Waals surface area contributed by atoms with Crippen LogP contribution in [0.25, 0.3) is 0 Å². The first-order valence-electron chi connectivity index (χ1n) is 7.34. The van der Waals surface area contributed by atoms with Gasteiger partial charge in [-0.1, -0.05) is 35.0 Å². The van der Waals surface area contributed by atoms with E-state index in [1.807, 2.05) is 19.1 Å². The Morgan fingerprint density at radius 2 is 2.15 bits per heavy atom. The lowest BCUT2D eigenvalue weighted by atomic mass is 9.75. The highest BCUT2D eigenvalue weighted by atomic mass is 79.9. The molecule has 3 nitrogen and oxygen atoms in total. The van der Waals surface area contributed by atoms with Crippen LogP contribution in [0, 0.1) is 5.41 Å². The van der Waals surface area contributed by atoms with Gasteiger partial charge in [0.05, 0.1) is 11.5 Å². The summed E-state index contributed by atoms with van der Waals surface area (Å²) in [6, 6.07) is 8.15. The molecule has 2 rings (SSSR count). The number of nitrogens with one attached hydrogen (secondary N) is 2. The van der Waals surface area contributed by atoms with Crippen molar-refractivity contribution in [1.29, 1.82) is 0 Å². The average molecular weight is 339 g/mol. The van der Waals surface area contributed by atoms with E-state index < -0.39 is 0 Å². The first-order chi connectivity index (χ1) is 9.57. The molecule has 1 heterocycles. The van der Waals surface area contributed by atoms with Crippen molar-refractivity contribution < 1.29 is 4.79 Å². The summed E-state index contributed by atoms with van der Waals surface area (Å²) in [5.41, 5.74) is 0.943. The number of hydrogen-bond donors (Lipinski definition) is 2. The van der Waals surface area contributed by atoms with E-state index in [9.17, 15) is 4.79 Å². The van der Waals surface area contributed by atoms with Crippen molar-refractivity contribution in [3.63, 3.8) is 0 Å². The Balaban J connectivity index is 2.06. The molecule has 0 aliphatic carbocycles. The van der Waals surface area contributed by atoms with Crippen LogP contribution >= 0.6 is 15.9 Å². The van der Waals surface area contributed by atoms with Crippen molar-refractivity contribution in [1.82, 2.24) is 10.6 Å². The highest BCUT2D eigenvalue weighted by molar-refractivity contribution is 9.10. The van der Waals surface area contributed by atoms with E-state index in [0.717, 1.165) is 42.4 Å². The standard InChI is InChI=1S/C16H23BrN2O/c1-3-16(7-9-18-10-8-16)15(20)19-12(2)13-5-4-6-14(17)11-13/h4-6,11-12,18H,3,7-10H2,1-2H3,(H,19,20). The van der Waals surface area contributed by atoms with E-state index in [4.69, 9.17) is 0 Å². The molecule has 1 aromatic rings. The quantitative estimate of drug-likeness (QED) is 0.883. The number of amides is 1. The molecule has 1 aliphatic rings. The third-order valence-corrected chi connectivity index (χ3v) is 4.91. The third kappa shape index (κ3) is 3.41. The van der Waals surface area contributed by atoms with Crippen LogP contribution in [0.3, 0.4) is 0 Å². The average Bonchev–Trinajstić information content (AvgIpc) is 2.47. The van der Waals surface area contributed by atoms with Crippen LogP contribution in [0.5, 0.6) is 0 Å². The second-order valence-corrected chi connectivity index (χ2v) is 6.55. The number of halogens is 1. The van der Waals surface area contributed by atoms with Gasteiger partial charge in [-0.05, 0) is 57.0 Å². The van der Waals surface area contributed by atoms with Crippen molar-refractivity contribution >= 4 is 21.8 Å². The summed E-state index contributed by atoms with van der Waals surface area (Å²) >= 11 is 3.48. The van der Waals surface area contributed by atoms with Gasteiger partial charge in [-0.15, -0.1) is 0 Å². The van der Waals surface area contributed by atoms with Gasteiger partial charge in [0.1, 0.15) is 0 Å². The van der Waals surface area contributed by atoms with Crippen molar-refractivity contribution in [3.8, 4) is 0 Å². The molecule has 1 aromatic carbocycles. The van der Waals surface area contributed by atoms with E-state index >= 15 is 0 Å². The lowest BCUT2D eigenvalue weighted by molar-refractivity contribution is -0.133. The van der Waals surface area contributed by atoms with Crippen molar-refractivity contribution in [2.75, 3.05) is 13.1 Å². The molecule has 0 spiro atoms. The predicted octanol–water partition coefficient (Wildman–Crippen LogP) is 3.41. The fraction of sp³-hybridized carbons (Fsp3) is 0.562. The van der Waals surface area contributed by atoms with E-state index in [-0.39, 0.29) is 17.4 Å². The van der Waals surface area contributed by atoms with E-state index in [1.54, 1.807) is 0 Å². The summed E-state index contributed by atoms with van der Waals surface area (Å²) in [6.45, 7) is 6.04. The Morgan fingerprint density at radius 3 is 2.75 bits per heavy atom. The second kappa shape index (κ2) is 6.72. The maximum absolute atomic E-state index is 12.7. The first-order valence-corrected chi connectivity index (χ1v) is 8.14. The normalized spacial score (nSPS) is 19.4. The minimum atomic E-state index is -0.189. The Kier molecular flexibility index (Phi) is 5.22. The zero-order valence-electron chi connectivity index (χ0n) is 12.2. The third-order valence-electron chi connectivity index (χ3n) is 4.42. The molecule has 0 radical (unpaired) electrons. The van der Waals surface area contributed by atoms with Crippen LogP contribution in [0.4, 0.5) is 0 Å². The minimum Gasteiger partial charge on any atom is -0.349 e. The van der Waals surface area contributed by atoms with Gasteiger partial charge < -0.3 is 10.6 Å². The molecule has 0 bridgehead atoms. The maximum Gasteiger partial charge on any atom is 0.226 e. The van der Waals surface area contributed by atoms with Crippen LogP contribution in [0.15, 0.2) is 28.7 Å². The van der Waals surface area contributed by atoms with E-state index in [2.05, 4.69) is 45.6 Å². The van der Waals surface area contributed by atoms with Crippen molar-refractivity contribution in [2.24, 2.45) is 5.41 Å². The van der Waals surface area contributed by atoms with Gasteiger partial charge in [0, 0.05) is 4.47 Å². The topological polar surface area (TPSA) is 41.1 Å². The summed E-state index contributed by atoms with van der Waals surface area (Å²) < 4.78 is 1.04. The fourth-order valence-corrected chi connectivity index (χ4v) is 3.27. The highest BCUT2D eigenvalue weighted by Crippen LogP contribution is 2.33. The minimum absolute atomic E-state index is 0.0401. The molecule has 2 N–H and O–H groups in total. The molecule has 0 saturated carbocycles. The van der Waals surface area contributed by atoms with Crippen LogP contribution in [-0.2, 0) is 4.79 Å². The molecule has 4 heteroatoms. The summed E-state index contributed by atoms with van der Waals surface area (Å²) in [5, 5.41) is 6.53. The molecule has 1 fully saturated rings. The molecule has 20 heavy (non-hydrogen) atoms. The summed E-state index contributed by atoms with van der Waals surface area (Å²) in [6.07, 6.45) is 2.77. The molecule has 110 valence electrons. The van der Waals surface area contributed by atoms with Crippen molar-refractivity contribution in [2.45, 2.75) is 39.2 Å². The molecule has 1 unspecified atom stereocenters. The Labute approximate surface area is 129 Å². The molecular weight excluding hydrogens is 316 g/mol. The summed E-state index contributed by atoms with van der Waals surface area (Å²) in [5.74, 6) is 0.203. The Bertz CT molecular complexity index is 469. The Morgan fingerprint density at radius 1 is 1.45 bits per heavy atom. The largest absolute Gasteiger partial charge is 0.349 e. The highest BCUT2D eigenvalue weighted by Gasteiger charge is 2.38. The zero-order chi connectivity index (χ0) is 14.6. The fourth-order valence-electron chi connectivity index (χ4n) is 2.86. The number of carbonyl (C=O) groups excluding carboxylic acids is 1.